The van der Waals surface area contributed by atoms with Crippen LogP contribution < -0.4 is 9.64 Å². The number of piperidine rings is 1. The number of fused-ring (bicyclic) bond motifs is 3. The molecule has 214 valence electrons. The Kier molecular flexibility index (Phi) is 6.46. The maximum Gasteiger partial charge on any atom is 0.573 e. The third kappa shape index (κ3) is 5.17. The van der Waals surface area contributed by atoms with Crippen molar-refractivity contribution in [3.8, 4) is 17.0 Å². The van der Waals surface area contributed by atoms with Crippen LogP contribution in [0.1, 0.15) is 65.4 Å². The summed E-state index contributed by atoms with van der Waals surface area (Å²) in [6.45, 7) is 0.202. The number of rotatable bonds is 8. The average molecular weight is 585 g/mol. The lowest BCUT2D eigenvalue weighted by atomic mass is 9.98. The smallest absolute Gasteiger partial charge is 0.477 e. The highest BCUT2D eigenvalue weighted by atomic mass is 32.1. The van der Waals surface area contributed by atoms with E-state index in [1.165, 1.54) is 23.5 Å². The van der Waals surface area contributed by atoms with Gasteiger partial charge >= 0.3 is 12.3 Å². The fourth-order valence-corrected chi connectivity index (χ4v) is 7.28. The number of carboxylic acid groups (broad SMARTS) is 1. The van der Waals surface area contributed by atoms with Crippen LogP contribution >= 0.6 is 11.3 Å². The van der Waals surface area contributed by atoms with Gasteiger partial charge in [-0.25, -0.2) is 4.79 Å². The van der Waals surface area contributed by atoms with Crippen LogP contribution in [-0.2, 0) is 11.3 Å². The summed E-state index contributed by atoms with van der Waals surface area (Å²) in [6.07, 6.45) is 0.804. The summed E-state index contributed by atoms with van der Waals surface area (Å²) in [6, 6.07) is 14.4. The van der Waals surface area contributed by atoms with E-state index in [-0.39, 0.29) is 29.9 Å². The van der Waals surface area contributed by atoms with Crippen molar-refractivity contribution >= 4 is 33.1 Å². The van der Waals surface area contributed by atoms with Gasteiger partial charge in [-0.3, -0.25) is 0 Å². The zero-order valence-electron chi connectivity index (χ0n) is 21.9. The standard InChI is InChI=1S/C30H27F3N2O5S/c31-30(32,33)39-24-4-2-1-3-22(24)27-23(28(40-34-27)16-5-6-16)15-38-21-13-19-7-8-20(14-21)35(19)18-9-10-25-17(11-18)12-26(41-25)29(36)37/h1-4,9-12,16,19-21H,5-8,13-15H2,(H,36,37). The van der Waals surface area contributed by atoms with Crippen molar-refractivity contribution < 1.29 is 37.1 Å². The number of aromatic nitrogens is 1. The summed E-state index contributed by atoms with van der Waals surface area (Å²) in [7, 11) is 0. The van der Waals surface area contributed by atoms with E-state index in [1.54, 1.807) is 18.2 Å². The number of hydrogen-bond donors (Lipinski definition) is 1. The number of thiophene rings is 1. The average Bonchev–Trinajstić information content (AvgIpc) is 3.44. The van der Waals surface area contributed by atoms with E-state index in [1.807, 2.05) is 6.07 Å². The summed E-state index contributed by atoms with van der Waals surface area (Å²) < 4.78 is 56.7. The van der Waals surface area contributed by atoms with Crippen molar-refractivity contribution in [3.63, 3.8) is 0 Å². The second kappa shape index (κ2) is 10.1. The Morgan fingerprint density at radius 3 is 2.54 bits per heavy atom. The second-order valence-electron chi connectivity index (χ2n) is 11.0. The van der Waals surface area contributed by atoms with Crippen LogP contribution in [0.5, 0.6) is 5.75 Å². The molecule has 1 aliphatic carbocycles. The molecule has 4 heterocycles. The number of alkyl halides is 3. The van der Waals surface area contributed by atoms with E-state index >= 15 is 0 Å². The van der Waals surface area contributed by atoms with E-state index in [9.17, 15) is 23.1 Å². The minimum Gasteiger partial charge on any atom is -0.477 e. The molecule has 2 aromatic heterocycles. The molecule has 2 aliphatic heterocycles. The number of aromatic carboxylic acids is 1. The molecule has 2 atom stereocenters. The summed E-state index contributed by atoms with van der Waals surface area (Å²) in [5.74, 6) is -0.339. The molecule has 3 fully saturated rings. The molecule has 2 unspecified atom stereocenters. The lowest BCUT2D eigenvalue weighted by molar-refractivity contribution is -0.274. The molecule has 2 saturated heterocycles. The Balaban J connectivity index is 1.09. The number of ether oxygens (including phenoxy) is 2. The van der Waals surface area contributed by atoms with Crippen LogP contribution in [0, 0.1) is 0 Å². The van der Waals surface area contributed by atoms with Gasteiger partial charge in [-0.2, -0.15) is 0 Å². The Morgan fingerprint density at radius 1 is 1.07 bits per heavy atom. The molecule has 7 rings (SSSR count). The third-order valence-electron chi connectivity index (χ3n) is 8.30. The van der Waals surface area contributed by atoms with Crippen molar-refractivity contribution in [2.75, 3.05) is 4.90 Å². The number of nitrogens with zero attached hydrogens (tertiary/aromatic N) is 2. The van der Waals surface area contributed by atoms with Gasteiger partial charge in [0, 0.05) is 39.5 Å². The molecule has 4 aromatic rings. The lowest BCUT2D eigenvalue weighted by Gasteiger charge is -2.40. The number of hydrogen-bond acceptors (Lipinski definition) is 7. The molecule has 41 heavy (non-hydrogen) atoms. The van der Waals surface area contributed by atoms with Crippen LogP contribution in [0.2, 0.25) is 0 Å². The fraction of sp³-hybridized carbons (Fsp3) is 0.400. The van der Waals surface area contributed by atoms with E-state index in [2.05, 4.69) is 26.9 Å². The minimum atomic E-state index is -4.82. The Labute approximate surface area is 237 Å². The summed E-state index contributed by atoms with van der Waals surface area (Å²) in [4.78, 5) is 14.2. The van der Waals surface area contributed by atoms with Crippen molar-refractivity contribution in [2.24, 2.45) is 0 Å². The molecule has 0 amide bonds. The summed E-state index contributed by atoms with van der Waals surface area (Å²) in [5.41, 5.74) is 2.34. The number of halogens is 3. The number of para-hydroxylation sites is 1. The van der Waals surface area contributed by atoms with Crippen LogP contribution in [0.3, 0.4) is 0 Å². The maximum absolute atomic E-state index is 13.1. The van der Waals surface area contributed by atoms with Gasteiger partial charge in [0.15, 0.2) is 0 Å². The van der Waals surface area contributed by atoms with Gasteiger partial charge in [0.25, 0.3) is 0 Å². The van der Waals surface area contributed by atoms with Crippen LogP contribution in [0.25, 0.3) is 21.3 Å². The molecular formula is C30H27F3N2O5S. The van der Waals surface area contributed by atoms with Gasteiger partial charge in [0.05, 0.1) is 12.7 Å². The number of anilines is 1. The quantitative estimate of drug-likeness (QED) is 0.227. The Morgan fingerprint density at radius 2 is 1.83 bits per heavy atom. The Hall–Kier alpha value is -3.57. The molecule has 2 aromatic carbocycles. The molecule has 0 spiro atoms. The summed E-state index contributed by atoms with van der Waals surface area (Å²) in [5, 5.41) is 14.5. The highest BCUT2D eigenvalue weighted by molar-refractivity contribution is 7.20. The topological polar surface area (TPSA) is 85.0 Å². The molecular weight excluding hydrogens is 557 g/mol. The highest BCUT2D eigenvalue weighted by Gasteiger charge is 2.42. The SMILES string of the molecule is O=C(O)c1cc2cc(N3C4CCC3CC(OCc3c(-c5ccccc5OC(F)(F)F)noc3C3CC3)C4)ccc2s1. The molecule has 3 aliphatic rings. The van der Waals surface area contributed by atoms with Crippen molar-refractivity contribution in [2.45, 2.75) is 75.6 Å². The van der Waals surface area contributed by atoms with Gasteiger partial charge < -0.3 is 24.0 Å². The zero-order chi connectivity index (χ0) is 28.3. The first kappa shape index (κ1) is 26.3. The predicted octanol–water partition coefficient (Wildman–Crippen LogP) is 7.75. The first-order valence-electron chi connectivity index (χ1n) is 13.7. The molecule has 1 saturated carbocycles. The first-order chi connectivity index (χ1) is 19.7. The van der Waals surface area contributed by atoms with Gasteiger partial charge in [-0.05, 0) is 80.3 Å². The van der Waals surface area contributed by atoms with Crippen LogP contribution in [0.4, 0.5) is 18.9 Å². The summed E-state index contributed by atoms with van der Waals surface area (Å²) >= 11 is 1.28. The fourth-order valence-electron chi connectivity index (χ4n) is 6.40. The van der Waals surface area contributed by atoms with Crippen LogP contribution in [-0.4, -0.2) is 40.8 Å². The van der Waals surface area contributed by atoms with Crippen molar-refractivity contribution in [1.82, 2.24) is 5.16 Å². The number of carboxylic acids is 1. The predicted molar refractivity (Wildman–Crippen MR) is 146 cm³/mol. The third-order valence-corrected chi connectivity index (χ3v) is 9.40. The van der Waals surface area contributed by atoms with Gasteiger partial charge in [-0.15, -0.1) is 24.5 Å². The maximum atomic E-state index is 13.1. The van der Waals surface area contributed by atoms with Crippen molar-refractivity contribution in [3.05, 3.63) is 64.7 Å². The zero-order valence-corrected chi connectivity index (χ0v) is 22.7. The normalized spacial score (nSPS) is 22.4. The molecule has 7 nitrogen and oxygen atoms in total. The Bertz CT molecular complexity index is 1600. The molecule has 1 N–H and O–H groups in total. The number of benzene rings is 2. The monoisotopic (exact) mass is 584 g/mol. The molecule has 11 heteroatoms. The lowest BCUT2D eigenvalue weighted by Crippen LogP contribution is -2.45. The van der Waals surface area contributed by atoms with Gasteiger partial charge in [0.1, 0.15) is 22.1 Å². The number of carbonyl (C=O) groups is 1. The molecule has 2 bridgehead atoms. The minimum absolute atomic E-state index is 0.0105. The molecule has 0 radical (unpaired) electrons. The largest absolute Gasteiger partial charge is 0.573 e. The first-order valence-corrected chi connectivity index (χ1v) is 14.6. The van der Waals surface area contributed by atoms with Crippen molar-refractivity contribution in [1.29, 1.82) is 0 Å². The van der Waals surface area contributed by atoms with E-state index in [0.29, 0.717) is 34.0 Å². The highest BCUT2D eigenvalue weighted by Crippen LogP contribution is 2.47. The second-order valence-corrected chi connectivity index (χ2v) is 12.1. The van der Waals surface area contributed by atoms with Gasteiger partial charge in [0.2, 0.25) is 0 Å². The van der Waals surface area contributed by atoms with E-state index in [4.69, 9.17) is 9.26 Å². The van der Waals surface area contributed by atoms with E-state index < -0.39 is 12.3 Å². The van der Waals surface area contributed by atoms with E-state index in [0.717, 1.165) is 54.3 Å². The van der Waals surface area contributed by atoms with Crippen LogP contribution in [0.15, 0.2) is 53.1 Å². The van der Waals surface area contributed by atoms with Gasteiger partial charge in [-0.1, -0.05) is 17.3 Å².